The fourth-order valence-corrected chi connectivity index (χ4v) is 2.07. The second kappa shape index (κ2) is 5.50. The summed E-state index contributed by atoms with van der Waals surface area (Å²) in [6.07, 6.45) is 8.39. The van der Waals surface area contributed by atoms with E-state index in [-0.39, 0.29) is 11.8 Å². The third-order valence-electron chi connectivity index (χ3n) is 3.05. The monoisotopic (exact) mass is 239 g/mol. The molecule has 92 valence electrons. The maximum atomic E-state index is 11.9. The Morgan fingerprint density at radius 1 is 1.28 bits per heavy atom. The minimum absolute atomic E-state index is 0.153. The normalized spacial score (nSPS) is 15.8. The molecule has 1 aromatic rings. The molecule has 1 unspecified atom stereocenters. The molecule has 0 saturated carbocycles. The standard InChI is InChI=1S/C16H17NO/c1-13-8-6-7-11-17(13)16(14(2)18)12-15-9-4-3-5-10-15/h3-11,16H,1,12H2,2H3. The summed E-state index contributed by atoms with van der Waals surface area (Å²) in [7, 11) is 0. The fraction of sp³-hybridized carbons (Fsp3) is 0.188. The van der Waals surface area contributed by atoms with Crippen LogP contribution in [-0.2, 0) is 11.2 Å². The van der Waals surface area contributed by atoms with Gasteiger partial charge in [-0.2, -0.15) is 0 Å². The molecule has 1 heterocycles. The largest absolute Gasteiger partial charge is 0.338 e. The third-order valence-corrected chi connectivity index (χ3v) is 3.05. The van der Waals surface area contributed by atoms with Crippen LogP contribution in [0.5, 0.6) is 0 Å². The van der Waals surface area contributed by atoms with Gasteiger partial charge in [-0.15, -0.1) is 0 Å². The smallest absolute Gasteiger partial charge is 0.152 e. The van der Waals surface area contributed by atoms with Gasteiger partial charge < -0.3 is 4.90 Å². The summed E-state index contributed by atoms with van der Waals surface area (Å²) in [6, 6.07) is 9.88. The summed E-state index contributed by atoms with van der Waals surface area (Å²) in [5.41, 5.74) is 2.02. The fourth-order valence-electron chi connectivity index (χ4n) is 2.07. The molecule has 2 rings (SSSR count). The van der Waals surface area contributed by atoms with E-state index in [1.54, 1.807) is 6.92 Å². The summed E-state index contributed by atoms with van der Waals surface area (Å²) in [5.74, 6) is 0.153. The van der Waals surface area contributed by atoms with Crippen LogP contribution in [-0.4, -0.2) is 16.7 Å². The number of hydrogen-bond donors (Lipinski definition) is 0. The van der Waals surface area contributed by atoms with Crippen molar-refractivity contribution >= 4 is 5.78 Å². The molecule has 0 bridgehead atoms. The van der Waals surface area contributed by atoms with Crippen molar-refractivity contribution in [1.82, 2.24) is 4.90 Å². The topological polar surface area (TPSA) is 20.3 Å². The summed E-state index contributed by atoms with van der Waals surface area (Å²) >= 11 is 0. The zero-order chi connectivity index (χ0) is 13.0. The summed E-state index contributed by atoms with van der Waals surface area (Å²) < 4.78 is 0. The molecule has 2 heteroatoms. The second-order valence-electron chi connectivity index (χ2n) is 4.42. The zero-order valence-corrected chi connectivity index (χ0v) is 10.5. The number of allylic oxidation sites excluding steroid dienone is 3. The first-order valence-electron chi connectivity index (χ1n) is 6.05. The Labute approximate surface area is 108 Å². The predicted molar refractivity (Wildman–Crippen MR) is 73.9 cm³/mol. The molecular weight excluding hydrogens is 222 g/mol. The number of carbonyl (C=O) groups is 1. The molecule has 0 aliphatic carbocycles. The van der Waals surface area contributed by atoms with Gasteiger partial charge in [-0.05, 0) is 24.6 Å². The van der Waals surface area contributed by atoms with Crippen molar-refractivity contribution in [2.24, 2.45) is 0 Å². The molecule has 0 amide bonds. The lowest BCUT2D eigenvalue weighted by Gasteiger charge is -2.30. The van der Waals surface area contributed by atoms with Crippen molar-refractivity contribution in [3.63, 3.8) is 0 Å². The van der Waals surface area contributed by atoms with Crippen LogP contribution >= 0.6 is 0 Å². The minimum atomic E-state index is -0.180. The van der Waals surface area contributed by atoms with Crippen LogP contribution in [0.4, 0.5) is 0 Å². The van der Waals surface area contributed by atoms with Crippen LogP contribution in [0.25, 0.3) is 0 Å². The lowest BCUT2D eigenvalue weighted by atomic mass is 10.0. The summed E-state index contributed by atoms with van der Waals surface area (Å²) in [5, 5.41) is 0. The van der Waals surface area contributed by atoms with Crippen molar-refractivity contribution in [1.29, 1.82) is 0 Å². The van der Waals surface area contributed by atoms with Gasteiger partial charge in [0, 0.05) is 18.3 Å². The second-order valence-corrected chi connectivity index (χ2v) is 4.42. The highest BCUT2D eigenvalue weighted by Crippen LogP contribution is 2.18. The van der Waals surface area contributed by atoms with Crippen molar-refractivity contribution in [2.75, 3.05) is 0 Å². The van der Waals surface area contributed by atoms with Gasteiger partial charge in [0.25, 0.3) is 0 Å². The van der Waals surface area contributed by atoms with E-state index in [4.69, 9.17) is 0 Å². The molecular formula is C16H17NO. The molecule has 0 N–H and O–H groups in total. The highest BCUT2D eigenvalue weighted by Gasteiger charge is 2.22. The van der Waals surface area contributed by atoms with Gasteiger partial charge in [0.1, 0.15) is 0 Å². The zero-order valence-electron chi connectivity index (χ0n) is 10.5. The van der Waals surface area contributed by atoms with Gasteiger partial charge in [0.05, 0.1) is 6.04 Å². The summed E-state index contributed by atoms with van der Waals surface area (Å²) in [4.78, 5) is 13.8. The Morgan fingerprint density at radius 2 is 2.00 bits per heavy atom. The SMILES string of the molecule is C=C1C=CC=CN1C(Cc1ccccc1)C(C)=O. The first-order chi connectivity index (χ1) is 8.68. The quantitative estimate of drug-likeness (QED) is 0.804. The molecule has 0 aromatic heterocycles. The Bertz CT molecular complexity index is 499. The van der Waals surface area contributed by atoms with E-state index in [0.717, 1.165) is 11.3 Å². The number of ketones is 1. The molecule has 1 aliphatic rings. The van der Waals surface area contributed by atoms with E-state index in [0.29, 0.717) is 6.42 Å². The van der Waals surface area contributed by atoms with Crippen molar-refractivity contribution in [3.8, 4) is 0 Å². The van der Waals surface area contributed by atoms with E-state index in [2.05, 4.69) is 6.58 Å². The maximum absolute atomic E-state index is 11.9. The molecule has 0 radical (unpaired) electrons. The highest BCUT2D eigenvalue weighted by atomic mass is 16.1. The van der Waals surface area contributed by atoms with Gasteiger partial charge in [0.2, 0.25) is 0 Å². The number of nitrogens with zero attached hydrogens (tertiary/aromatic N) is 1. The van der Waals surface area contributed by atoms with Crippen molar-refractivity contribution in [2.45, 2.75) is 19.4 Å². The number of Topliss-reactive ketones (excluding diaryl/α,β-unsaturated/α-hetero) is 1. The third kappa shape index (κ3) is 2.77. The van der Waals surface area contributed by atoms with Crippen LogP contribution in [0.15, 0.2) is 67.0 Å². The van der Waals surface area contributed by atoms with E-state index < -0.39 is 0 Å². The van der Waals surface area contributed by atoms with Crippen molar-refractivity contribution < 1.29 is 4.79 Å². The van der Waals surface area contributed by atoms with Crippen molar-refractivity contribution in [3.05, 3.63) is 72.6 Å². The van der Waals surface area contributed by atoms with Gasteiger partial charge in [0.15, 0.2) is 5.78 Å². The first-order valence-corrected chi connectivity index (χ1v) is 6.05. The minimum Gasteiger partial charge on any atom is -0.338 e. The molecule has 1 atom stereocenters. The van der Waals surface area contributed by atoms with Crippen LogP contribution in [0.1, 0.15) is 12.5 Å². The Hall–Kier alpha value is -2.09. The molecule has 0 fully saturated rings. The molecule has 0 saturated heterocycles. The number of carbonyl (C=O) groups excluding carboxylic acids is 1. The lowest BCUT2D eigenvalue weighted by molar-refractivity contribution is -0.120. The lowest BCUT2D eigenvalue weighted by Crippen LogP contribution is -2.37. The van der Waals surface area contributed by atoms with E-state index in [1.807, 2.05) is 59.7 Å². The molecule has 0 spiro atoms. The van der Waals surface area contributed by atoms with Gasteiger partial charge in [-0.3, -0.25) is 4.79 Å². The number of benzene rings is 1. The Kier molecular flexibility index (Phi) is 3.78. The Balaban J connectivity index is 2.19. The maximum Gasteiger partial charge on any atom is 0.152 e. The molecule has 18 heavy (non-hydrogen) atoms. The van der Waals surface area contributed by atoms with E-state index >= 15 is 0 Å². The van der Waals surface area contributed by atoms with E-state index in [9.17, 15) is 4.79 Å². The van der Waals surface area contributed by atoms with Gasteiger partial charge >= 0.3 is 0 Å². The average Bonchev–Trinajstić information content (AvgIpc) is 2.38. The molecule has 1 aliphatic heterocycles. The van der Waals surface area contributed by atoms with Crippen LogP contribution in [0.2, 0.25) is 0 Å². The van der Waals surface area contributed by atoms with Crippen LogP contribution < -0.4 is 0 Å². The van der Waals surface area contributed by atoms with Crippen LogP contribution in [0, 0.1) is 0 Å². The average molecular weight is 239 g/mol. The number of rotatable bonds is 4. The van der Waals surface area contributed by atoms with Gasteiger partial charge in [-0.25, -0.2) is 0 Å². The highest BCUT2D eigenvalue weighted by molar-refractivity contribution is 5.82. The molecule has 2 nitrogen and oxygen atoms in total. The predicted octanol–water partition coefficient (Wildman–Crippen LogP) is 3.09. The summed E-state index contributed by atoms with van der Waals surface area (Å²) in [6.45, 7) is 5.61. The van der Waals surface area contributed by atoms with Gasteiger partial charge in [-0.1, -0.05) is 43.0 Å². The Morgan fingerprint density at radius 3 is 2.61 bits per heavy atom. The number of hydrogen-bond acceptors (Lipinski definition) is 2. The van der Waals surface area contributed by atoms with E-state index in [1.165, 1.54) is 0 Å². The molecule has 1 aromatic carbocycles. The first kappa shape index (κ1) is 12.4. The van der Waals surface area contributed by atoms with Crippen LogP contribution in [0.3, 0.4) is 0 Å².